The lowest BCUT2D eigenvalue weighted by atomic mass is 9.98. The standard InChI is InChI=1S/C16H28N2O2/c19-15(10-14-4-3-9-20-11-14)17-12-16(5-6-16)13-18-7-1-2-8-18/h14H,1-13H2,(H,17,19)/t14-/m1/s1. The van der Waals surface area contributed by atoms with Gasteiger partial charge in [-0.05, 0) is 57.5 Å². The fourth-order valence-electron chi connectivity index (χ4n) is 3.57. The van der Waals surface area contributed by atoms with Crippen LogP contribution in [0.5, 0.6) is 0 Å². The summed E-state index contributed by atoms with van der Waals surface area (Å²) in [6.07, 6.45) is 8.18. The van der Waals surface area contributed by atoms with Gasteiger partial charge in [-0.1, -0.05) is 0 Å². The molecule has 4 heteroatoms. The van der Waals surface area contributed by atoms with E-state index >= 15 is 0 Å². The molecule has 0 aromatic rings. The number of hydrogen-bond acceptors (Lipinski definition) is 3. The lowest BCUT2D eigenvalue weighted by Gasteiger charge is -2.24. The van der Waals surface area contributed by atoms with Gasteiger partial charge in [-0.25, -0.2) is 0 Å². The number of carbonyl (C=O) groups is 1. The minimum absolute atomic E-state index is 0.230. The molecular formula is C16H28N2O2. The Labute approximate surface area is 122 Å². The van der Waals surface area contributed by atoms with E-state index in [2.05, 4.69) is 10.2 Å². The lowest BCUT2D eigenvalue weighted by Crippen LogP contribution is -2.38. The predicted octanol–water partition coefficient (Wildman–Crippen LogP) is 1.80. The van der Waals surface area contributed by atoms with Crippen molar-refractivity contribution >= 4 is 5.91 Å². The fourth-order valence-corrected chi connectivity index (χ4v) is 3.57. The van der Waals surface area contributed by atoms with Crippen LogP contribution in [-0.2, 0) is 9.53 Å². The summed E-state index contributed by atoms with van der Waals surface area (Å²) >= 11 is 0. The van der Waals surface area contributed by atoms with Gasteiger partial charge >= 0.3 is 0 Å². The molecule has 0 spiro atoms. The third kappa shape index (κ3) is 3.95. The lowest BCUT2D eigenvalue weighted by molar-refractivity contribution is -0.123. The van der Waals surface area contributed by atoms with Gasteiger partial charge in [-0.3, -0.25) is 4.79 Å². The number of likely N-dealkylation sites (tertiary alicyclic amines) is 1. The van der Waals surface area contributed by atoms with Crippen LogP contribution in [0.1, 0.15) is 44.9 Å². The summed E-state index contributed by atoms with van der Waals surface area (Å²) in [6, 6.07) is 0. The second-order valence-electron chi connectivity index (χ2n) is 7.05. The molecule has 3 rings (SSSR count). The number of amides is 1. The van der Waals surface area contributed by atoms with E-state index < -0.39 is 0 Å². The maximum atomic E-state index is 12.0. The van der Waals surface area contributed by atoms with Crippen molar-refractivity contribution in [3.05, 3.63) is 0 Å². The molecule has 3 fully saturated rings. The predicted molar refractivity (Wildman–Crippen MR) is 78.5 cm³/mol. The van der Waals surface area contributed by atoms with Crippen LogP contribution < -0.4 is 5.32 Å². The van der Waals surface area contributed by atoms with Gasteiger partial charge in [-0.2, -0.15) is 0 Å². The van der Waals surface area contributed by atoms with E-state index in [1.54, 1.807) is 0 Å². The van der Waals surface area contributed by atoms with Crippen LogP contribution >= 0.6 is 0 Å². The smallest absolute Gasteiger partial charge is 0.220 e. The number of hydrogen-bond donors (Lipinski definition) is 1. The quantitative estimate of drug-likeness (QED) is 0.806. The molecule has 1 amide bonds. The van der Waals surface area contributed by atoms with Gasteiger partial charge in [0.15, 0.2) is 0 Å². The molecule has 2 saturated heterocycles. The van der Waals surface area contributed by atoms with E-state index in [1.807, 2.05) is 0 Å². The number of rotatable bonds is 6. The van der Waals surface area contributed by atoms with E-state index in [1.165, 1.54) is 45.3 Å². The second kappa shape index (κ2) is 6.44. The number of nitrogens with one attached hydrogen (secondary N) is 1. The van der Waals surface area contributed by atoms with Crippen molar-refractivity contribution in [2.75, 3.05) is 39.4 Å². The molecule has 20 heavy (non-hydrogen) atoms. The largest absolute Gasteiger partial charge is 0.381 e. The van der Waals surface area contributed by atoms with E-state index in [4.69, 9.17) is 4.74 Å². The molecule has 1 saturated carbocycles. The van der Waals surface area contributed by atoms with Gasteiger partial charge < -0.3 is 15.0 Å². The summed E-state index contributed by atoms with van der Waals surface area (Å²) in [5.41, 5.74) is 0.406. The van der Waals surface area contributed by atoms with Crippen molar-refractivity contribution in [1.29, 1.82) is 0 Å². The molecule has 0 unspecified atom stereocenters. The van der Waals surface area contributed by atoms with Crippen LogP contribution in [0, 0.1) is 11.3 Å². The molecule has 1 aliphatic carbocycles. The van der Waals surface area contributed by atoms with E-state index in [-0.39, 0.29) is 5.91 Å². The van der Waals surface area contributed by atoms with E-state index in [9.17, 15) is 4.79 Å². The first kappa shape index (κ1) is 14.3. The Morgan fingerprint density at radius 2 is 2.05 bits per heavy atom. The molecule has 0 aromatic heterocycles. The number of ether oxygens (including phenoxy) is 1. The van der Waals surface area contributed by atoms with Crippen molar-refractivity contribution in [3.63, 3.8) is 0 Å². The van der Waals surface area contributed by atoms with Gasteiger partial charge in [0.1, 0.15) is 0 Å². The van der Waals surface area contributed by atoms with Crippen LogP contribution in [0.15, 0.2) is 0 Å². The third-order valence-electron chi connectivity index (χ3n) is 5.10. The molecule has 0 bridgehead atoms. The molecule has 4 nitrogen and oxygen atoms in total. The average molecular weight is 280 g/mol. The Hall–Kier alpha value is -0.610. The van der Waals surface area contributed by atoms with Crippen molar-refractivity contribution in [2.24, 2.45) is 11.3 Å². The van der Waals surface area contributed by atoms with Gasteiger partial charge in [-0.15, -0.1) is 0 Å². The number of nitrogens with zero attached hydrogens (tertiary/aromatic N) is 1. The van der Waals surface area contributed by atoms with Gasteiger partial charge in [0.25, 0.3) is 0 Å². The summed E-state index contributed by atoms with van der Waals surface area (Å²) < 4.78 is 5.44. The minimum Gasteiger partial charge on any atom is -0.381 e. The van der Waals surface area contributed by atoms with Gasteiger partial charge in [0, 0.05) is 38.1 Å². The average Bonchev–Trinajstić information content (AvgIpc) is 3.02. The fraction of sp³-hybridized carbons (Fsp3) is 0.938. The maximum Gasteiger partial charge on any atom is 0.220 e. The molecule has 114 valence electrons. The highest BCUT2D eigenvalue weighted by molar-refractivity contribution is 5.76. The Bertz CT molecular complexity index is 329. The van der Waals surface area contributed by atoms with Gasteiger partial charge in [0.05, 0.1) is 0 Å². The normalized spacial score (nSPS) is 29.3. The molecule has 2 heterocycles. The molecule has 0 radical (unpaired) electrons. The first-order valence-electron chi connectivity index (χ1n) is 8.33. The third-order valence-corrected chi connectivity index (χ3v) is 5.10. The SMILES string of the molecule is O=C(C[C@H]1CCCOC1)NCC1(CN2CCCC2)CC1. The van der Waals surface area contributed by atoms with Crippen molar-refractivity contribution in [1.82, 2.24) is 10.2 Å². The second-order valence-corrected chi connectivity index (χ2v) is 7.05. The van der Waals surface area contributed by atoms with Crippen LogP contribution in [0.4, 0.5) is 0 Å². The molecule has 0 aromatic carbocycles. The maximum absolute atomic E-state index is 12.0. The number of carbonyl (C=O) groups excluding carboxylic acids is 1. The van der Waals surface area contributed by atoms with Crippen LogP contribution in [0.25, 0.3) is 0 Å². The Kier molecular flexibility index (Phi) is 4.61. The summed E-state index contributed by atoms with van der Waals surface area (Å²) in [7, 11) is 0. The Morgan fingerprint density at radius 1 is 1.25 bits per heavy atom. The zero-order valence-corrected chi connectivity index (χ0v) is 12.5. The summed E-state index contributed by atoms with van der Waals surface area (Å²) in [5, 5.41) is 3.19. The summed E-state index contributed by atoms with van der Waals surface area (Å²) in [6.45, 7) is 6.24. The first-order valence-corrected chi connectivity index (χ1v) is 8.33. The highest BCUT2D eigenvalue weighted by Crippen LogP contribution is 2.46. The van der Waals surface area contributed by atoms with E-state index in [0.29, 0.717) is 17.8 Å². The molecule has 3 aliphatic rings. The van der Waals surface area contributed by atoms with E-state index in [0.717, 1.165) is 32.6 Å². The minimum atomic E-state index is 0.230. The van der Waals surface area contributed by atoms with Crippen LogP contribution in [0.2, 0.25) is 0 Å². The molecule has 2 aliphatic heterocycles. The zero-order chi connectivity index (χ0) is 13.8. The Morgan fingerprint density at radius 3 is 2.70 bits per heavy atom. The van der Waals surface area contributed by atoms with Gasteiger partial charge in [0.2, 0.25) is 5.91 Å². The topological polar surface area (TPSA) is 41.6 Å². The summed E-state index contributed by atoms with van der Waals surface area (Å²) in [4.78, 5) is 14.6. The van der Waals surface area contributed by atoms with Crippen molar-refractivity contribution < 1.29 is 9.53 Å². The van der Waals surface area contributed by atoms with Crippen molar-refractivity contribution in [3.8, 4) is 0 Å². The zero-order valence-electron chi connectivity index (χ0n) is 12.5. The molecule has 1 N–H and O–H groups in total. The first-order chi connectivity index (χ1) is 9.76. The Balaban J connectivity index is 1.36. The molecular weight excluding hydrogens is 252 g/mol. The summed E-state index contributed by atoms with van der Waals surface area (Å²) in [5.74, 6) is 0.672. The van der Waals surface area contributed by atoms with Crippen LogP contribution in [-0.4, -0.2) is 50.2 Å². The van der Waals surface area contributed by atoms with Crippen LogP contribution in [0.3, 0.4) is 0 Å². The van der Waals surface area contributed by atoms with Crippen molar-refractivity contribution in [2.45, 2.75) is 44.9 Å². The highest BCUT2D eigenvalue weighted by atomic mass is 16.5. The molecule has 1 atom stereocenters. The highest BCUT2D eigenvalue weighted by Gasteiger charge is 2.44. The monoisotopic (exact) mass is 280 g/mol.